The lowest BCUT2D eigenvalue weighted by atomic mass is 10.00. The van der Waals surface area contributed by atoms with Gasteiger partial charge >= 0.3 is 10.2 Å². The molecule has 2 rings (SSSR count). The Labute approximate surface area is 122 Å². The van der Waals surface area contributed by atoms with E-state index in [0.29, 0.717) is 12.8 Å². The summed E-state index contributed by atoms with van der Waals surface area (Å²) in [5.74, 6) is -1.40. The average Bonchev–Trinajstić information content (AvgIpc) is 2.44. The molecule has 1 fully saturated rings. The van der Waals surface area contributed by atoms with Crippen LogP contribution in [0.2, 0.25) is 0 Å². The predicted octanol–water partition coefficient (Wildman–Crippen LogP) is 1.63. The van der Waals surface area contributed by atoms with E-state index >= 15 is 0 Å². The summed E-state index contributed by atoms with van der Waals surface area (Å²) in [6.45, 7) is 1.92. The van der Waals surface area contributed by atoms with Crippen LogP contribution in [0.25, 0.3) is 0 Å². The zero-order valence-corrected chi connectivity index (χ0v) is 12.5. The van der Waals surface area contributed by atoms with Crippen molar-refractivity contribution in [3.8, 4) is 0 Å². The Morgan fingerprint density at radius 3 is 2.48 bits per heavy atom. The number of aryl methyl sites for hydroxylation is 1. The summed E-state index contributed by atoms with van der Waals surface area (Å²) in [5.41, 5.74) is -0.290. The van der Waals surface area contributed by atoms with Crippen LogP contribution in [0.1, 0.15) is 18.4 Å². The largest absolute Gasteiger partial charge is 0.396 e. The third kappa shape index (κ3) is 3.69. The van der Waals surface area contributed by atoms with Crippen molar-refractivity contribution < 1.29 is 22.3 Å². The second kappa shape index (κ2) is 6.25. The monoisotopic (exact) mass is 320 g/mol. The highest BCUT2D eigenvalue weighted by atomic mass is 32.2. The molecule has 0 amide bonds. The number of benzene rings is 1. The second-order valence-electron chi connectivity index (χ2n) is 5.21. The van der Waals surface area contributed by atoms with Gasteiger partial charge in [0.05, 0.1) is 5.69 Å². The van der Waals surface area contributed by atoms with Crippen LogP contribution >= 0.6 is 0 Å². The van der Waals surface area contributed by atoms with Crippen molar-refractivity contribution in [2.45, 2.75) is 19.8 Å². The average molecular weight is 320 g/mol. The van der Waals surface area contributed by atoms with E-state index in [0.717, 1.165) is 12.1 Å². The number of halogens is 2. The van der Waals surface area contributed by atoms with Crippen LogP contribution in [0.3, 0.4) is 0 Å². The van der Waals surface area contributed by atoms with E-state index in [-0.39, 0.29) is 31.2 Å². The molecule has 1 aromatic carbocycles. The SMILES string of the molecule is Cc1cc(F)c(NS(=O)(=O)N2CCC(CO)CC2)cc1F. The number of hydrogen-bond acceptors (Lipinski definition) is 3. The van der Waals surface area contributed by atoms with E-state index in [1.54, 1.807) is 0 Å². The molecule has 0 radical (unpaired) electrons. The maximum atomic E-state index is 13.7. The number of aliphatic hydroxyl groups excluding tert-OH is 1. The number of nitrogens with one attached hydrogen (secondary N) is 1. The van der Waals surface area contributed by atoms with Gasteiger partial charge < -0.3 is 5.11 Å². The zero-order valence-electron chi connectivity index (χ0n) is 11.6. The van der Waals surface area contributed by atoms with E-state index in [4.69, 9.17) is 5.11 Å². The minimum atomic E-state index is -3.93. The zero-order chi connectivity index (χ0) is 15.6. The van der Waals surface area contributed by atoms with Gasteiger partial charge in [-0.05, 0) is 37.3 Å². The van der Waals surface area contributed by atoms with Crippen molar-refractivity contribution in [2.24, 2.45) is 5.92 Å². The van der Waals surface area contributed by atoms with Gasteiger partial charge in [-0.1, -0.05) is 0 Å². The van der Waals surface area contributed by atoms with Crippen molar-refractivity contribution in [2.75, 3.05) is 24.4 Å². The van der Waals surface area contributed by atoms with E-state index in [2.05, 4.69) is 4.72 Å². The van der Waals surface area contributed by atoms with Gasteiger partial charge in [0.25, 0.3) is 0 Å². The molecular weight excluding hydrogens is 302 g/mol. The van der Waals surface area contributed by atoms with Crippen LogP contribution in [-0.2, 0) is 10.2 Å². The molecule has 5 nitrogen and oxygen atoms in total. The molecule has 118 valence electrons. The summed E-state index contributed by atoms with van der Waals surface area (Å²) < 4.78 is 54.7. The molecule has 1 aromatic rings. The van der Waals surface area contributed by atoms with Crippen molar-refractivity contribution in [3.05, 3.63) is 29.3 Å². The van der Waals surface area contributed by atoms with E-state index in [9.17, 15) is 17.2 Å². The summed E-state index contributed by atoms with van der Waals surface area (Å²) in [5, 5.41) is 9.03. The van der Waals surface area contributed by atoms with Crippen molar-refractivity contribution >= 4 is 15.9 Å². The number of nitrogens with zero attached hydrogens (tertiary/aromatic N) is 1. The molecule has 1 aliphatic rings. The molecule has 0 bridgehead atoms. The summed E-state index contributed by atoms with van der Waals surface area (Å²) >= 11 is 0. The Morgan fingerprint density at radius 2 is 1.90 bits per heavy atom. The molecule has 1 saturated heterocycles. The fourth-order valence-corrected chi connectivity index (χ4v) is 3.52. The third-order valence-electron chi connectivity index (χ3n) is 3.66. The smallest absolute Gasteiger partial charge is 0.301 e. The molecule has 21 heavy (non-hydrogen) atoms. The molecule has 0 unspecified atom stereocenters. The van der Waals surface area contributed by atoms with Crippen molar-refractivity contribution in [1.29, 1.82) is 0 Å². The van der Waals surface area contributed by atoms with Crippen LogP contribution in [0.4, 0.5) is 14.5 Å². The molecule has 0 aliphatic carbocycles. The topological polar surface area (TPSA) is 69.6 Å². The van der Waals surface area contributed by atoms with Gasteiger partial charge in [-0.3, -0.25) is 4.72 Å². The number of piperidine rings is 1. The van der Waals surface area contributed by atoms with Gasteiger partial charge in [0.15, 0.2) is 0 Å². The normalized spacial score (nSPS) is 17.9. The maximum Gasteiger partial charge on any atom is 0.301 e. The van der Waals surface area contributed by atoms with Crippen LogP contribution in [0.5, 0.6) is 0 Å². The first kappa shape index (κ1) is 16.1. The first-order valence-electron chi connectivity index (χ1n) is 6.68. The standard InChI is InChI=1S/C13H18F2N2O3S/c1-9-6-12(15)13(7-11(9)14)16-21(19,20)17-4-2-10(8-18)3-5-17/h6-7,10,16,18H,2-5,8H2,1H3. The van der Waals surface area contributed by atoms with Gasteiger partial charge in [0.1, 0.15) is 11.6 Å². The first-order chi connectivity index (χ1) is 9.83. The molecule has 0 saturated carbocycles. The molecule has 1 aliphatic heterocycles. The van der Waals surface area contributed by atoms with Crippen LogP contribution in [0, 0.1) is 24.5 Å². The Bertz CT molecular complexity index is 614. The third-order valence-corrected chi connectivity index (χ3v) is 5.18. The molecule has 1 heterocycles. The molecule has 2 N–H and O–H groups in total. The molecule has 0 atom stereocenters. The Morgan fingerprint density at radius 1 is 1.29 bits per heavy atom. The number of rotatable bonds is 4. The van der Waals surface area contributed by atoms with Crippen LogP contribution < -0.4 is 4.72 Å². The fourth-order valence-electron chi connectivity index (χ4n) is 2.26. The second-order valence-corrected chi connectivity index (χ2v) is 6.88. The van der Waals surface area contributed by atoms with Crippen LogP contribution in [-0.4, -0.2) is 37.5 Å². The van der Waals surface area contributed by atoms with Gasteiger partial charge in [0.2, 0.25) is 0 Å². The summed E-state index contributed by atoms with van der Waals surface area (Å²) in [7, 11) is -3.93. The van der Waals surface area contributed by atoms with E-state index in [1.807, 2.05) is 0 Å². The molecule has 0 spiro atoms. The lowest BCUT2D eigenvalue weighted by Gasteiger charge is -2.30. The number of hydrogen-bond donors (Lipinski definition) is 2. The summed E-state index contributed by atoms with van der Waals surface area (Å²) in [6.07, 6.45) is 1.09. The number of aliphatic hydroxyl groups is 1. The summed E-state index contributed by atoms with van der Waals surface area (Å²) in [4.78, 5) is 0. The molecular formula is C13H18F2N2O3S. The minimum absolute atomic E-state index is 0.0269. The molecule has 8 heteroatoms. The molecule has 0 aromatic heterocycles. The fraction of sp³-hybridized carbons (Fsp3) is 0.538. The Hall–Kier alpha value is -1.25. The maximum absolute atomic E-state index is 13.7. The predicted molar refractivity (Wildman–Crippen MR) is 75.0 cm³/mol. The van der Waals surface area contributed by atoms with Gasteiger partial charge in [-0.25, -0.2) is 8.78 Å². The Kier molecular flexibility index (Phi) is 4.80. The number of anilines is 1. The minimum Gasteiger partial charge on any atom is -0.396 e. The Balaban J connectivity index is 2.13. The van der Waals surface area contributed by atoms with Crippen molar-refractivity contribution in [1.82, 2.24) is 4.31 Å². The van der Waals surface area contributed by atoms with Gasteiger partial charge in [-0.2, -0.15) is 12.7 Å². The quantitative estimate of drug-likeness (QED) is 0.886. The lowest BCUT2D eigenvalue weighted by Crippen LogP contribution is -2.42. The van der Waals surface area contributed by atoms with Crippen LogP contribution in [0.15, 0.2) is 12.1 Å². The van der Waals surface area contributed by atoms with Crippen molar-refractivity contribution in [3.63, 3.8) is 0 Å². The highest BCUT2D eigenvalue weighted by Crippen LogP contribution is 2.23. The summed E-state index contributed by atoms with van der Waals surface area (Å²) in [6, 6.07) is 1.79. The highest BCUT2D eigenvalue weighted by Gasteiger charge is 2.28. The lowest BCUT2D eigenvalue weighted by molar-refractivity contribution is 0.170. The van der Waals surface area contributed by atoms with E-state index < -0.39 is 27.5 Å². The van der Waals surface area contributed by atoms with Gasteiger partial charge in [0, 0.05) is 25.8 Å². The highest BCUT2D eigenvalue weighted by molar-refractivity contribution is 7.90. The van der Waals surface area contributed by atoms with Gasteiger partial charge in [-0.15, -0.1) is 0 Å². The first-order valence-corrected chi connectivity index (χ1v) is 8.12. The van der Waals surface area contributed by atoms with E-state index in [1.165, 1.54) is 11.2 Å².